The highest BCUT2D eigenvalue weighted by molar-refractivity contribution is 7.12. The number of nitrogens with two attached hydrogens (primary N) is 1. The van der Waals surface area contributed by atoms with Crippen molar-refractivity contribution in [1.29, 1.82) is 0 Å². The smallest absolute Gasteiger partial charge is 0.132 e. The zero-order chi connectivity index (χ0) is 12.4. The lowest BCUT2D eigenvalue weighted by Gasteiger charge is -2.01. The minimum absolute atomic E-state index is 0.210. The number of hydrogen-bond donors (Lipinski definition) is 1. The molecule has 0 unspecified atom stereocenters. The summed E-state index contributed by atoms with van der Waals surface area (Å²) in [6.07, 6.45) is 0.655. The molecular weight excluding hydrogens is 242 g/mol. The highest BCUT2D eigenvalue weighted by Crippen LogP contribution is 2.30. The summed E-state index contributed by atoms with van der Waals surface area (Å²) in [6.45, 7) is 2.34. The van der Waals surface area contributed by atoms with Crippen LogP contribution in [0.15, 0.2) is 18.2 Å². The fraction of sp³-hybridized carbons (Fsp3) is 0.250. The molecule has 2 rings (SSSR count). The molecule has 2 aromatic rings. The van der Waals surface area contributed by atoms with Gasteiger partial charge < -0.3 is 5.73 Å². The summed E-state index contributed by atoms with van der Waals surface area (Å²) in [4.78, 5) is 5.18. The first-order valence-corrected chi connectivity index (χ1v) is 6.05. The Hall–Kier alpha value is -1.33. The van der Waals surface area contributed by atoms with E-state index in [2.05, 4.69) is 4.98 Å². The maximum absolute atomic E-state index is 13.6. The second-order valence-electron chi connectivity index (χ2n) is 3.68. The Morgan fingerprint density at radius 3 is 2.82 bits per heavy atom. The molecule has 0 fully saturated rings. The van der Waals surface area contributed by atoms with Crippen molar-refractivity contribution in [2.75, 3.05) is 6.54 Å². The molecule has 2 nitrogen and oxygen atoms in total. The van der Waals surface area contributed by atoms with Crippen molar-refractivity contribution in [1.82, 2.24) is 4.98 Å². The van der Waals surface area contributed by atoms with Gasteiger partial charge in [-0.3, -0.25) is 0 Å². The normalized spacial score (nSPS) is 10.8. The fourth-order valence-electron chi connectivity index (χ4n) is 1.61. The van der Waals surface area contributed by atoms with Gasteiger partial charge in [-0.25, -0.2) is 13.8 Å². The third kappa shape index (κ3) is 2.50. The van der Waals surface area contributed by atoms with Crippen molar-refractivity contribution in [2.45, 2.75) is 13.3 Å². The number of benzene rings is 1. The molecule has 5 heteroatoms. The number of aromatic nitrogens is 1. The molecule has 0 bridgehead atoms. The second-order valence-corrected chi connectivity index (χ2v) is 4.96. The van der Waals surface area contributed by atoms with Crippen molar-refractivity contribution in [2.24, 2.45) is 5.73 Å². The van der Waals surface area contributed by atoms with Crippen LogP contribution < -0.4 is 5.73 Å². The molecule has 0 amide bonds. The molecule has 1 heterocycles. The molecule has 1 aromatic carbocycles. The SMILES string of the molecule is Cc1sc(CCN)nc1-c1cc(F)ccc1F. The van der Waals surface area contributed by atoms with Gasteiger partial charge >= 0.3 is 0 Å². The van der Waals surface area contributed by atoms with Gasteiger partial charge in [0, 0.05) is 16.9 Å². The minimum Gasteiger partial charge on any atom is -0.330 e. The van der Waals surface area contributed by atoms with Crippen LogP contribution in [-0.4, -0.2) is 11.5 Å². The van der Waals surface area contributed by atoms with E-state index in [0.29, 0.717) is 18.7 Å². The van der Waals surface area contributed by atoms with Gasteiger partial charge in [-0.2, -0.15) is 0 Å². The van der Waals surface area contributed by atoms with Gasteiger partial charge in [0.2, 0.25) is 0 Å². The molecule has 0 saturated carbocycles. The number of nitrogens with zero attached hydrogens (tertiary/aromatic N) is 1. The number of thiazole rings is 1. The Bertz CT molecular complexity index is 537. The average Bonchev–Trinajstić information content (AvgIpc) is 2.64. The van der Waals surface area contributed by atoms with Crippen LogP contribution in [0, 0.1) is 18.6 Å². The highest BCUT2D eigenvalue weighted by atomic mass is 32.1. The van der Waals surface area contributed by atoms with Crippen molar-refractivity contribution in [3.8, 4) is 11.3 Å². The first-order valence-electron chi connectivity index (χ1n) is 5.23. The van der Waals surface area contributed by atoms with Gasteiger partial charge in [0.05, 0.1) is 10.7 Å². The molecule has 0 aliphatic carbocycles. The summed E-state index contributed by atoms with van der Waals surface area (Å²) in [7, 11) is 0. The summed E-state index contributed by atoms with van der Waals surface area (Å²) in [5.74, 6) is -0.923. The van der Waals surface area contributed by atoms with Crippen LogP contribution >= 0.6 is 11.3 Å². The lowest BCUT2D eigenvalue weighted by Crippen LogP contribution is -2.02. The standard InChI is InChI=1S/C12H12F2N2S/c1-7-12(16-11(17-7)4-5-15)9-6-8(13)2-3-10(9)14/h2-3,6H,4-5,15H2,1H3. The second kappa shape index (κ2) is 4.89. The summed E-state index contributed by atoms with van der Waals surface area (Å²) in [5.41, 5.74) is 6.17. The Labute approximate surface area is 102 Å². The maximum Gasteiger partial charge on any atom is 0.132 e. The van der Waals surface area contributed by atoms with E-state index in [9.17, 15) is 8.78 Å². The first kappa shape index (κ1) is 12.1. The summed E-state index contributed by atoms with van der Waals surface area (Å²) in [5, 5.41) is 0.851. The van der Waals surface area contributed by atoms with E-state index in [0.717, 1.165) is 22.0 Å². The van der Waals surface area contributed by atoms with E-state index in [1.54, 1.807) is 0 Å². The molecule has 0 aliphatic rings. The van der Waals surface area contributed by atoms with Gasteiger partial charge in [-0.1, -0.05) is 0 Å². The van der Waals surface area contributed by atoms with E-state index in [4.69, 9.17) is 5.73 Å². The van der Waals surface area contributed by atoms with Gasteiger partial charge in [0.15, 0.2) is 0 Å². The summed E-state index contributed by atoms with van der Waals surface area (Å²) >= 11 is 1.47. The molecule has 0 saturated heterocycles. The molecule has 0 aliphatic heterocycles. The topological polar surface area (TPSA) is 38.9 Å². The van der Waals surface area contributed by atoms with Crippen LogP contribution in [-0.2, 0) is 6.42 Å². The molecule has 1 aromatic heterocycles. The third-order valence-corrected chi connectivity index (χ3v) is 3.41. The van der Waals surface area contributed by atoms with Crippen molar-refractivity contribution in [3.63, 3.8) is 0 Å². The largest absolute Gasteiger partial charge is 0.330 e. The lowest BCUT2D eigenvalue weighted by molar-refractivity contribution is 0.602. The van der Waals surface area contributed by atoms with Crippen LogP contribution in [0.2, 0.25) is 0 Å². The Morgan fingerprint density at radius 2 is 2.12 bits per heavy atom. The molecule has 2 N–H and O–H groups in total. The van der Waals surface area contributed by atoms with Crippen molar-refractivity contribution in [3.05, 3.63) is 39.7 Å². The van der Waals surface area contributed by atoms with Crippen LogP contribution in [0.5, 0.6) is 0 Å². The van der Waals surface area contributed by atoms with E-state index in [-0.39, 0.29) is 5.56 Å². The third-order valence-electron chi connectivity index (χ3n) is 2.38. The van der Waals surface area contributed by atoms with Crippen LogP contribution in [0.1, 0.15) is 9.88 Å². The summed E-state index contributed by atoms with van der Waals surface area (Å²) < 4.78 is 26.7. The number of aryl methyl sites for hydroxylation is 1. The predicted molar refractivity (Wildman–Crippen MR) is 65.0 cm³/mol. The number of hydrogen-bond acceptors (Lipinski definition) is 3. The molecule has 0 atom stereocenters. The first-order chi connectivity index (χ1) is 8.11. The van der Waals surface area contributed by atoms with E-state index in [1.807, 2.05) is 6.92 Å². The quantitative estimate of drug-likeness (QED) is 0.914. The van der Waals surface area contributed by atoms with Gasteiger partial charge in [-0.15, -0.1) is 11.3 Å². The average molecular weight is 254 g/mol. The Morgan fingerprint density at radius 1 is 1.35 bits per heavy atom. The van der Waals surface area contributed by atoms with E-state index >= 15 is 0 Å². The summed E-state index contributed by atoms with van der Waals surface area (Å²) in [6, 6.07) is 3.39. The van der Waals surface area contributed by atoms with Crippen LogP contribution in [0.25, 0.3) is 11.3 Å². The fourth-order valence-corrected chi connectivity index (χ4v) is 2.57. The number of halogens is 2. The highest BCUT2D eigenvalue weighted by Gasteiger charge is 2.14. The van der Waals surface area contributed by atoms with Crippen LogP contribution in [0.4, 0.5) is 8.78 Å². The molecule has 0 spiro atoms. The molecule has 0 radical (unpaired) electrons. The van der Waals surface area contributed by atoms with Gasteiger partial charge in [-0.05, 0) is 31.7 Å². The minimum atomic E-state index is -0.464. The maximum atomic E-state index is 13.6. The molecular formula is C12H12F2N2S. The van der Waals surface area contributed by atoms with Crippen molar-refractivity contribution >= 4 is 11.3 Å². The zero-order valence-electron chi connectivity index (χ0n) is 9.34. The van der Waals surface area contributed by atoms with Gasteiger partial charge in [0.25, 0.3) is 0 Å². The lowest BCUT2D eigenvalue weighted by atomic mass is 10.1. The van der Waals surface area contributed by atoms with Crippen molar-refractivity contribution < 1.29 is 8.78 Å². The van der Waals surface area contributed by atoms with Gasteiger partial charge in [0.1, 0.15) is 11.6 Å². The number of rotatable bonds is 3. The predicted octanol–water partition coefficient (Wildman–Crippen LogP) is 2.90. The monoisotopic (exact) mass is 254 g/mol. The van der Waals surface area contributed by atoms with E-state index in [1.165, 1.54) is 17.4 Å². The zero-order valence-corrected chi connectivity index (χ0v) is 10.2. The molecule has 90 valence electrons. The Balaban J connectivity index is 2.48. The Kier molecular flexibility index (Phi) is 3.49. The molecule has 17 heavy (non-hydrogen) atoms. The van der Waals surface area contributed by atoms with E-state index < -0.39 is 11.6 Å². The van der Waals surface area contributed by atoms with Crippen LogP contribution in [0.3, 0.4) is 0 Å².